The van der Waals surface area contributed by atoms with Gasteiger partial charge in [0.2, 0.25) is 0 Å². The van der Waals surface area contributed by atoms with Crippen LogP contribution in [0.2, 0.25) is 0 Å². The van der Waals surface area contributed by atoms with Crippen LogP contribution in [-0.4, -0.2) is 32.9 Å². The minimum Gasteiger partial charge on any atom is -0.321 e. The fourth-order valence-electron chi connectivity index (χ4n) is 2.76. The zero-order valence-electron chi connectivity index (χ0n) is 16.0. The van der Waals surface area contributed by atoms with E-state index in [1.165, 1.54) is 11.8 Å². The van der Waals surface area contributed by atoms with Gasteiger partial charge < -0.3 is 10.2 Å². The number of nitrogens with zero attached hydrogens (tertiary/aromatic N) is 4. The number of para-hydroxylation sites is 1. The average Bonchev–Trinajstić information content (AvgIpc) is 3.13. The number of aryl methyl sites for hydroxylation is 1. The van der Waals surface area contributed by atoms with E-state index >= 15 is 0 Å². The molecule has 6 nitrogen and oxygen atoms in total. The predicted octanol–water partition coefficient (Wildman–Crippen LogP) is 5.21. The highest BCUT2D eigenvalue weighted by atomic mass is 32.2. The van der Waals surface area contributed by atoms with Crippen molar-refractivity contribution in [1.29, 1.82) is 0 Å². The molecule has 0 radical (unpaired) electrons. The van der Waals surface area contributed by atoms with Crippen LogP contribution in [0.1, 0.15) is 10.6 Å². The molecule has 0 aliphatic carbocycles. The lowest BCUT2D eigenvalue weighted by Gasteiger charge is -2.18. The van der Waals surface area contributed by atoms with Crippen LogP contribution in [-0.2, 0) is 6.54 Å². The minimum absolute atomic E-state index is 0.167. The molecule has 0 saturated carbocycles. The van der Waals surface area contributed by atoms with Gasteiger partial charge in [0.1, 0.15) is 5.01 Å². The molecule has 0 aliphatic rings. The van der Waals surface area contributed by atoms with Crippen molar-refractivity contribution in [3.05, 3.63) is 71.5 Å². The number of nitrogens with one attached hydrogen (secondary N) is 1. The summed E-state index contributed by atoms with van der Waals surface area (Å²) in [5.74, 6) is 0. The van der Waals surface area contributed by atoms with Crippen molar-refractivity contribution >= 4 is 45.0 Å². The van der Waals surface area contributed by atoms with Gasteiger partial charge in [-0.2, -0.15) is 0 Å². The number of benzene rings is 2. The van der Waals surface area contributed by atoms with Crippen LogP contribution in [0.4, 0.5) is 10.5 Å². The third kappa shape index (κ3) is 4.72. The van der Waals surface area contributed by atoms with E-state index in [4.69, 9.17) is 0 Å². The first kappa shape index (κ1) is 19.4. The van der Waals surface area contributed by atoms with E-state index in [-0.39, 0.29) is 6.03 Å². The molecule has 0 fully saturated rings. The molecule has 2 heterocycles. The maximum absolute atomic E-state index is 12.6. The number of aromatic nitrogens is 3. The summed E-state index contributed by atoms with van der Waals surface area (Å²) in [6.45, 7) is 2.43. The molecule has 0 unspecified atom stereocenters. The average molecular weight is 422 g/mol. The number of rotatable bonds is 5. The van der Waals surface area contributed by atoms with E-state index in [2.05, 4.69) is 20.3 Å². The Bertz CT molecular complexity index is 1110. The SMILES string of the molecule is Cc1cc(Sc2ncccn2)ccc1NC(=O)N(C)Cc1nc2ccccc2s1. The van der Waals surface area contributed by atoms with E-state index in [1.807, 2.05) is 49.4 Å². The number of urea groups is 1. The Hall–Kier alpha value is -2.97. The Balaban J connectivity index is 1.40. The second-order valence-electron chi connectivity index (χ2n) is 6.47. The van der Waals surface area contributed by atoms with Crippen LogP contribution < -0.4 is 5.32 Å². The molecule has 4 aromatic rings. The quantitative estimate of drug-likeness (QED) is 0.448. The first-order valence-electron chi connectivity index (χ1n) is 9.00. The summed E-state index contributed by atoms with van der Waals surface area (Å²) in [6, 6.07) is 15.5. The number of carbonyl (C=O) groups excluding carboxylic acids is 1. The minimum atomic E-state index is -0.167. The number of thiazole rings is 1. The van der Waals surface area contributed by atoms with Crippen molar-refractivity contribution in [2.24, 2.45) is 0 Å². The Morgan fingerprint density at radius 3 is 2.69 bits per heavy atom. The maximum atomic E-state index is 12.6. The van der Waals surface area contributed by atoms with Crippen molar-refractivity contribution < 1.29 is 4.79 Å². The molecule has 0 spiro atoms. The second kappa shape index (κ2) is 8.59. The van der Waals surface area contributed by atoms with Gasteiger partial charge in [0.25, 0.3) is 0 Å². The Morgan fingerprint density at radius 1 is 1.14 bits per heavy atom. The van der Waals surface area contributed by atoms with Gasteiger partial charge in [-0.25, -0.2) is 19.7 Å². The number of carbonyl (C=O) groups is 1. The molecule has 29 heavy (non-hydrogen) atoms. The summed E-state index contributed by atoms with van der Waals surface area (Å²) in [5, 5.41) is 4.58. The molecule has 0 atom stereocenters. The lowest BCUT2D eigenvalue weighted by atomic mass is 10.2. The van der Waals surface area contributed by atoms with Gasteiger partial charge in [-0.05, 0) is 60.6 Å². The predicted molar refractivity (Wildman–Crippen MR) is 117 cm³/mol. The second-order valence-corrected chi connectivity index (χ2v) is 8.63. The van der Waals surface area contributed by atoms with Gasteiger partial charge in [-0.15, -0.1) is 11.3 Å². The topological polar surface area (TPSA) is 71.0 Å². The van der Waals surface area contributed by atoms with E-state index in [9.17, 15) is 4.79 Å². The number of amides is 2. The van der Waals surface area contributed by atoms with E-state index < -0.39 is 0 Å². The molecule has 1 N–H and O–H groups in total. The standard InChI is InChI=1S/C21H19N5OS2/c1-14-12-15(28-20-22-10-5-11-23-20)8-9-16(14)25-21(27)26(2)13-19-24-17-6-3-4-7-18(17)29-19/h3-12H,13H2,1-2H3,(H,25,27). The summed E-state index contributed by atoms with van der Waals surface area (Å²) in [7, 11) is 1.77. The molecular formula is C21H19N5OS2. The van der Waals surface area contributed by atoms with E-state index in [0.717, 1.165) is 31.4 Å². The van der Waals surface area contributed by atoms with Gasteiger partial charge in [0.15, 0.2) is 5.16 Å². The largest absolute Gasteiger partial charge is 0.321 e. The first-order chi connectivity index (χ1) is 14.1. The van der Waals surface area contributed by atoms with Crippen molar-refractivity contribution in [2.75, 3.05) is 12.4 Å². The summed E-state index contributed by atoms with van der Waals surface area (Å²) in [4.78, 5) is 28.3. The van der Waals surface area contributed by atoms with Crippen LogP contribution in [0.25, 0.3) is 10.2 Å². The summed E-state index contributed by atoms with van der Waals surface area (Å²) < 4.78 is 1.13. The fraction of sp³-hybridized carbons (Fsp3) is 0.143. The zero-order valence-corrected chi connectivity index (χ0v) is 17.6. The molecule has 4 rings (SSSR count). The summed E-state index contributed by atoms with van der Waals surface area (Å²) >= 11 is 3.10. The maximum Gasteiger partial charge on any atom is 0.321 e. The third-order valence-electron chi connectivity index (χ3n) is 4.25. The molecule has 0 aliphatic heterocycles. The summed E-state index contributed by atoms with van der Waals surface area (Å²) in [5.41, 5.74) is 2.73. The van der Waals surface area contributed by atoms with Gasteiger partial charge in [-0.1, -0.05) is 12.1 Å². The van der Waals surface area contributed by atoms with E-state index in [1.54, 1.807) is 41.7 Å². The van der Waals surface area contributed by atoms with Crippen LogP contribution in [0.5, 0.6) is 0 Å². The van der Waals surface area contributed by atoms with Gasteiger partial charge in [0.05, 0.1) is 16.8 Å². The highest BCUT2D eigenvalue weighted by molar-refractivity contribution is 7.99. The van der Waals surface area contributed by atoms with Crippen molar-refractivity contribution in [3.63, 3.8) is 0 Å². The van der Waals surface area contributed by atoms with Crippen LogP contribution in [0.15, 0.2) is 71.0 Å². The van der Waals surface area contributed by atoms with E-state index in [0.29, 0.717) is 11.7 Å². The van der Waals surface area contributed by atoms with Crippen LogP contribution >= 0.6 is 23.1 Å². The van der Waals surface area contributed by atoms with Gasteiger partial charge in [0, 0.05) is 30.0 Å². The monoisotopic (exact) mass is 421 g/mol. The Labute approximate surface area is 177 Å². The fourth-order valence-corrected chi connectivity index (χ4v) is 4.59. The molecule has 0 saturated heterocycles. The highest BCUT2D eigenvalue weighted by Crippen LogP contribution is 2.28. The molecule has 2 aromatic heterocycles. The lowest BCUT2D eigenvalue weighted by Crippen LogP contribution is -2.31. The van der Waals surface area contributed by atoms with Gasteiger partial charge in [-0.3, -0.25) is 0 Å². The molecule has 8 heteroatoms. The Kier molecular flexibility index (Phi) is 5.73. The van der Waals surface area contributed by atoms with Crippen molar-refractivity contribution in [3.8, 4) is 0 Å². The molecule has 146 valence electrons. The number of hydrogen-bond acceptors (Lipinski definition) is 6. The third-order valence-corrected chi connectivity index (χ3v) is 6.15. The smallest absolute Gasteiger partial charge is 0.321 e. The Morgan fingerprint density at radius 2 is 1.93 bits per heavy atom. The first-order valence-corrected chi connectivity index (χ1v) is 10.6. The van der Waals surface area contributed by atoms with Crippen molar-refractivity contribution in [1.82, 2.24) is 19.9 Å². The van der Waals surface area contributed by atoms with Crippen LogP contribution in [0, 0.1) is 6.92 Å². The van der Waals surface area contributed by atoms with Crippen LogP contribution in [0.3, 0.4) is 0 Å². The van der Waals surface area contributed by atoms with Crippen molar-refractivity contribution in [2.45, 2.75) is 23.5 Å². The molecule has 2 aromatic carbocycles. The number of anilines is 1. The molecule has 0 bridgehead atoms. The summed E-state index contributed by atoms with van der Waals surface area (Å²) in [6.07, 6.45) is 3.44. The normalized spacial score (nSPS) is 10.8. The number of fused-ring (bicyclic) bond motifs is 1. The zero-order chi connectivity index (χ0) is 20.2. The lowest BCUT2D eigenvalue weighted by molar-refractivity contribution is 0.220. The number of hydrogen-bond donors (Lipinski definition) is 1. The molecule has 2 amide bonds. The van der Waals surface area contributed by atoms with Gasteiger partial charge >= 0.3 is 6.03 Å². The highest BCUT2D eigenvalue weighted by Gasteiger charge is 2.14. The molecular weight excluding hydrogens is 402 g/mol.